The van der Waals surface area contributed by atoms with Crippen LogP contribution in [0.15, 0.2) is 146 Å². The number of carbonyl (C=O) groups is 16. The average molecular weight is 1820 g/mol. The van der Waals surface area contributed by atoms with Crippen LogP contribution in [0.5, 0.6) is 5.75 Å². The fourth-order valence-electron chi connectivity index (χ4n) is 15.3. The maximum atomic E-state index is 15.6. The highest BCUT2D eigenvalue weighted by Crippen LogP contribution is 2.31. The number of phenolic OH excluding ortho intramolecular Hbond substituents is 1. The zero-order valence-corrected chi connectivity index (χ0v) is 74.2. The Morgan fingerprint density at radius 3 is 1.75 bits per heavy atom. The highest BCUT2D eigenvalue weighted by atomic mass is 32.2. The number of hydrogen-bond donors (Lipinski definition) is 13. The first-order valence-electron chi connectivity index (χ1n) is 42.4. The Balaban J connectivity index is 1.12. The second-order valence-corrected chi connectivity index (χ2v) is 34.1. The molecule has 0 saturated carbocycles. The average Bonchev–Trinajstić information content (AvgIpc) is 1.61. The molecule has 0 unspecified atom stereocenters. The summed E-state index contributed by atoms with van der Waals surface area (Å²) in [4.78, 5) is 247. The number of carboxylic acids is 1. The van der Waals surface area contributed by atoms with Gasteiger partial charge in [0, 0.05) is 108 Å². The standard InChI is InChI=1S/C91H110F3N17O18S/c1-10-11-24-71-89(127)108(7)47-76(115)100-67(43-78(117)118)85(123)106-80(51(4)5)91(129)109(8)72(40-52-18-13-12-14-19-52)86(124)104-68(38-53-25-27-59(112)28-26-53)87(125)107(6)46-75(114)99-66(42-57-44-97-63-23-16-15-22-60(57)63)84(122)103-65(37-54-29-31-96-32-30-54)83(121)102-64(33-50(2)3)82(120)105-70(81(119)98-45-74(95)113)48-130-49-77(116)101-69(39-56-35-61(92)79(94)62(93)36-56)88(126)110(9)73-41-55-20-17-21-58(34-55)111(71)90(73)128/h12-23,25-32,34-36,44,50-51,64-73,80,97,112H,10-11,24,33,37-43,45-49H2,1-9H3,(H2,95,113)(H,98,119)(H,99,114)(H,100,115)(H,101,116)(H,102,121)(H,103,122)(H,104,124)(H,105,120)(H,106,123)(H,117,118)/t64-,65-,66-,67-,68-,69-,70-,71-,72-,73-,80-/m0/s1. The molecule has 694 valence electrons. The topological polar surface area (TPSA) is 493 Å². The summed E-state index contributed by atoms with van der Waals surface area (Å²) in [5.41, 5.74) is 8.14. The van der Waals surface area contributed by atoms with Crippen molar-refractivity contribution < 1.29 is 100 Å². The summed E-state index contributed by atoms with van der Waals surface area (Å²) >= 11 is 0.682. The van der Waals surface area contributed by atoms with E-state index in [1.165, 1.54) is 84.8 Å². The summed E-state index contributed by atoms with van der Waals surface area (Å²) in [6.45, 7) is 5.85. The third-order valence-electron chi connectivity index (χ3n) is 22.2. The fourth-order valence-corrected chi connectivity index (χ4v) is 16.1. The lowest BCUT2D eigenvalue weighted by atomic mass is 9.98. The number of aromatic nitrogens is 2. The van der Waals surface area contributed by atoms with Gasteiger partial charge < -0.3 is 88.4 Å². The number of phenols is 1. The molecular formula is C91H110F3N17O18S. The quantitative estimate of drug-likeness (QED) is 0.0459. The van der Waals surface area contributed by atoms with Crippen LogP contribution in [0.1, 0.15) is 100 Å². The lowest BCUT2D eigenvalue weighted by Crippen LogP contribution is -2.61. The van der Waals surface area contributed by atoms with Crippen molar-refractivity contribution in [1.82, 2.24) is 77.4 Å². The molecule has 4 bridgehead atoms. The van der Waals surface area contributed by atoms with Gasteiger partial charge in [0.25, 0.3) is 5.91 Å². The Hall–Kier alpha value is -13.8. The Bertz CT molecular complexity index is 5260. The number of halogens is 3. The second kappa shape index (κ2) is 46.8. The van der Waals surface area contributed by atoms with Gasteiger partial charge in [0.2, 0.25) is 82.7 Å². The van der Waals surface area contributed by atoms with Crippen LogP contribution >= 0.6 is 11.8 Å². The summed E-state index contributed by atoms with van der Waals surface area (Å²) in [6.07, 6.45) is 1.78. The maximum Gasteiger partial charge on any atom is 0.305 e. The predicted octanol–water partition coefficient (Wildman–Crippen LogP) is 2.32. The van der Waals surface area contributed by atoms with Crippen molar-refractivity contribution in [2.45, 2.75) is 172 Å². The van der Waals surface area contributed by atoms with E-state index < -0.39 is 234 Å². The van der Waals surface area contributed by atoms with Gasteiger partial charge in [-0.1, -0.05) is 120 Å². The van der Waals surface area contributed by atoms with Crippen LogP contribution in [-0.2, 0) is 115 Å². The number of benzene rings is 5. The van der Waals surface area contributed by atoms with E-state index in [0.717, 1.165) is 24.5 Å². The molecule has 2 aliphatic rings. The van der Waals surface area contributed by atoms with Crippen LogP contribution in [0.2, 0.25) is 0 Å². The van der Waals surface area contributed by atoms with Crippen molar-refractivity contribution >= 4 is 123 Å². The molecule has 15 amide bonds. The summed E-state index contributed by atoms with van der Waals surface area (Å²) in [7, 11) is 4.90. The number of likely N-dealkylation sites (N-methyl/N-ethyl adjacent to an activating group) is 4. The number of nitrogens with zero attached hydrogens (tertiary/aromatic N) is 6. The number of aromatic hydroxyl groups is 1. The van der Waals surface area contributed by atoms with Crippen LogP contribution in [-0.4, -0.2) is 260 Å². The minimum absolute atomic E-state index is 0.0806. The molecule has 39 heteroatoms. The predicted molar refractivity (Wildman–Crippen MR) is 473 cm³/mol. The number of anilines is 1. The van der Waals surface area contributed by atoms with Gasteiger partial charge in [-0.25, -0.2) is 13.2 Å². The van der Waals surface area contributed by atoms with Gasteiger partial charge in [-0.2, -0.15) is 0 Å². The second-order valence-electron chi connectivity index (χ2n) is 33.1. The van der Waals surface area contributed by atoms with Crippen molar-refractivity contribution in [1.29, 1.82) is 0 Å². The lowest BCUT2D eigenvalue weighted by Gasteiger charge is -2.37. The first-order chi connectivity index (χ1) is 61.8. The van der Waals surface area contributed by atoms with Gasteiger partial charge in [0.1, 0.15) is 72.2 Å². The van der Waals surface area contributed by atoms with E-state index in [0.29, 0.717) is 69.0 Å². The van der Waals surface area contributed by atoms with Crippen LogP contribution < -0.4 is 58.5 Å². The molecule has 2 aliphatic heterocycles. The largest absolute Gasteiger partial charge is 0.508 e. The molecule has 14 N–H and O–H groups in total. The number of thioether (sulfide) groups is 1. The Labute approximate surface area is 752 Å². The number of H-pyrrole nitrogens is 1. The molecule has 0 spiro atoms. The molecule has 1 saturated heterocycles. The van der Waals surface area contributed by atoms with E-state index in [2.05, 4.69) is 57.8 Å². The third-order valence-corrected chi connectivity index (χ3v) is 23.2. The number of carbonyl (C=O) groups excluding carboxylic acids is 15. The Morgan fingerprint density at radius 1 is 0.554 bits per heavy atom. The molecule has 5 aromatic carbocycles. The van der Waals surface area contributed by atoms with E-state index in [1.54, 1.807) is 112 Å². The van der Waals surface area contributed by atoms with Gasteiger partial charge >= 0.3 is 5.97 Å². The van der Waals surface area contributed by atoms with Gasteiger partial charge in [-0.15, -0.1) is 11.8 Å². The number of nitrogens with one attached hydrogen (secondary N) is 10. The summed E-state index contributed by atoms with van der Waals surface area (Å²) in [6, 6.07) is 13.7. The first-order valence-corrected chi connectivity index (χ1v) is 43.5. The van der Waals surface area contributed by atoms with Crippen molar-refractivity contribution in [2.75, 3.05) is 64.2 Å². The van der Waals surface area contributed by atoms with Crippen LogP contribution in [0.4, 0.5) is 18.9 Å². The van der Waals surface area contributed by atoms with Gasteiger partial charge in [-0.3, -0.25) is 86.6 Å². The van der Waals surface area contributed by atoms with E-state index in [9.17, 15) is 53.0 Å². The van der Waals surface area contributed by atoms with Crippen LogP contribution in [0, 0.1) is 29.3 Å². The van der Waals surface area contributed by atoms with E-state index in [1.807, 2.05) is 0 Å². The maximum absolute atomic E-state index is 15.6. The molecule has 4 heterocycles. The number of carboxylic acid groups (broad SMARTS) is 1. The molecule has 0 aliphatic carbocycles. The van der Waals surface area contributed by atoms with E-state index in [4.69, 9.17) is 5.73 Å². The normalized spacial score (nSPS) is 22.1. The number of aromatic amines is 1. The fraction of sp³-hybridized carbons (Fsp3) is 0.418. The van der Waals surface area contributed by atoms with Crippen LogP contribution in [0.3, 0.4) is 0 Å². The van der Waals surface area contributed by atoms with E-state index in [-0.39, 0.29) is 68.4 Å². The molecule has 1 fully saturated rings. The third kappa shape index (κ3) is 27.9. The van der Waals surface area contributed by atoms with Gasteiger partial charge in [-0.05, 0) is 113 Å². The molecule has 2 aromatic heterocycles. The summed E-state index contributed by atoms with van der Waals surface area (Å²) < 4.78 is 44.8. The Kier molecular flexibility index (Phi) is 36.0. The minimum atomic E-state index is -1.96. The molecule has 7 aromatic rings. The van der Waals surface area contributed by atoms with Crippen molar-refractivity contribution in [3.63, 3.8) is 0 Å². The van der Waals surface area contributed by atoms with E-state index >= 15 is 47.1 Å². The lowest BCUT2D eigenvalue weighted by molar-refractivity contribution is -0.145. The molecule has 130 heavy (non-hydrogen) atoms. The SMILES string of the molecule is CCCC[C@H]1C(=O)N(C)CC(=O)N[C@@H](CC(=O)O)C(=O)N[C@@H](C(C)C)C(=O)N(C)[C@@H](Cc2ccccc2)C(=O)N[C@@H](Cc2ccc(O)cc2)C(=O)N(C)CC(=O)N[C@@H](Cc2c[nH]c3ccccc23)C(=O)N[C@@H](Cc2ccncc2)C(=O)N[C@@H](CC(C)C)C(=O)N[C@H](C(=O)NCC(N)=O)CSCC(=O)N[C@@H](Cc2cc(F)c(F)c(F)c2)C(=O)N(C)[C@H]2Cc3cccc(c3)N1C2=O. The van der Waals surface area contributed by atoms with Crippen molar-refractivity contribution in [3.05, 3.63) is 197 Å². The monoisotopic (exact) mass is 1820 g/mol. The smallest absolute Gasteiger partial charge is 0.305 e. The Morgan fingerprint density at radius 2 is 1.12 bits per heavy atom. The number of amides is 15. The van der Waals surface area contributed by atoms with Gasteiger partial charge in [0.15, 0.2) is 17.5 Å². The summed E-state index contributed by atoms with van der Waals surface area (Å²) in [5.74, 6) is -24.1. The number of unbranched alkanes of at least 4 members (excludes halogenated alkanes) is 1. The van der Waals surface area contributed by atoms with Gasteiger partial charge in [0.05, 0.1) is 31.8 Å². The highest BCUT2D eigenvalue weighted by Gasteiger charge is 2.44. The number of nitrogens with two attached hydrogens (primary N) is 1. The van der Waals surface area contributed by atoms with Crippen LogP contribution in [0.25, 0.3) is 10.9 Å². The van der Waals surface area contributed by atoms with Crippen molar-refractivity contribution in [2.24, 2.45) is 17.6 Å². The molecule has 0 radical (unpaired) electrons. The number of rotatable bonds is 21. The van der Waals surface area contributed by atoms with Crippen molar-refractivity contribution in [3.8, 4) is 5.75 Å². The molecule has 11 atom stereocenters. The molecular weight excluding hydrogens is 1710 g/mol. The number of aliphatic carboxylic acids is 1. The summed E-state index contributed by atoms with van der Waals surface area (Å²) in [5, 5.41) is 44.6. The number of fused-ring (bicyclic) bond motifs is 6. The molecule has 9 rings (SSSR count). The number of pyridine rings is 1. The first kappa shape index (κ1) is 100. The molecule has 35 nitrogen and oxygen atoms in total. The number of hydrogen-bond acceptors (Lipinski definition) is 19. The number of para-hydroxylation sites is 1. The zero-order chi connectivity index (χ0) is 94.9. The highest BCUT2D eigenvalue weighted by molar-refractivity contribution is 8.00. The minimum Gasteiger partial charge on any atom is -0.508 e. The zero-order valence-electron chi connectivity index (χ0n) is 73.4. The number of primary amides is 1.